The van der Waals surface area contributed by atoms with Crippen LogP contribution in [0.2, 0.25) is 0 Å². The number of rotatable bonds is 3. The fraction of sp³-hybridized carbons (Fsp3) is 1.00. The smallest absolute Gasteiger partial charge is 0.00697 e. The molecular formula is C8H17N. The van der Waals surface area contributed by atoms with Gasteiger partial charge in [-0.15, -0.1) is 0 Å². The van der Waals surface area contributed by atoms with E-state index in [-0.39, 0.29) is 0 Å². The second-order valence-electron chi connectivity index (χ2n) is 3.33. The summed E-state index contributed by atoms with van der Waals surface area (Å²) in [6, 6.07) is 0.505. The third-order valence-corrected chi connectivity index (χ3v) is 2.34. The number of hydrogen-bond acceptors (Lipinski definition) is 1. The van der Waals surface area contributed by atoms with E-state index < -0.39 is 0 Å². The van der Waals surface area contributed by atoms with Crippen LogP contribution in [-0.4, -0.2) is 6.04 Å². The zero-order chi connectivity index (χ0) is 6.85. The van der Waals surface area contributed by atoms with Gasteiger partial charge in [-0.3, -0.25) is 0 Å². The maximum Gasteiger partial charge on any atom is 0.00697 e. The van der Waals surface area contributed by atoms with Crippen molar-refractivity contribution in [3.8, 4) is 0 Å². The summed E-state index contributed by atoms with van der Waals surface area (Å²) in [4.78, 5) is 0. The maximum atomic E-state index is 5.88. The van der Waals surface area contributed by atoms with Crippen LogP contribution in [0.4, 0.5) is 0 Å². The summed E-state index contributed by atoms with van der Waals surface area (Å²) in [6.07, 6.45) is 3.83. The fourth-order valence-electron chi connectivity index (χ4n) is 1.49. The third kappa shape index (κ3) is 1.68. The molecule has 0 heterocycles. The van der Waals surface area contributed by atoms with Crippen molar-refractivity contribution in [3.63, 3.8) is 0 Å². The van der Waals surface area contributed by atoms with Crippen LogP contribution >= 0.6 is 0 Å². The predicted octanol–water partition coefficient (Wildman–Crippen LogP) is 1.77. The summed E-state index contributed by atoms with van der Waals surface area (Å²) in [5, 5.41) is 0. The molecule has 0 aromatic heterocycles. The molecule has 3 atom stereocenters. The van der Waals surface area contributed by atoms with Crippen molar-refractivity contribution in [1.82, 2.24) is 0 Å². The van der Waals surface area contributed by atoms with Crippen LogP contribution in [0, 0.1) is 11.8 Å². The van der Waals surface area contributed by atoms with Gasteiger partial charge in [0.15, 0.2) is 0 Å². The van der Waals surface area contributed by atoms with Gasteiger partial charge in [0.05, 0.1) is 0 Å². The van der Waals surface area contributed by atoms with Gasteiger partial charge in [-0.1, -0.05) is 20.3 Å². The molecule has 0 bridgehead atoms. The minimum Gasteiger partial charge on any atom is -0.327 e. The van der Waals surface area contributed by atoms with Gasteiger partial charge >= 0.3 is 0 Å². The standard InChI is InChI=1S/C8H17N/c1-3-4-8(9)7-5-6(7)2/h6-8H,3-5,9H2,1-2H3. The van der Waals surface area contributed by atoms with E-state index in [4.69, 9.17) is 5.73 Å². The van der Waals surface area contributed by atoms with E-state index in [0.29, 0.717) is 6.04 Å². The Morgan fingerprint density at radius 3 is 2.56 bits per heavy atom. The van der Waals surface area contributed by atoms with Gasteiger partial charge in [0.25, 0.3) is 0 Å². The quantitative estimate of drug-likeness (QED) is 0.614. The van der Waals surface area contributed by atoms with Gasteiger partial charge in [-0.25, -0.2) is 0 Å². The monoisotopic (exact) mass is 127 g/mol. The van der Waals surface area contributed by atoms with Crippen LogP contribution in [0.15, 0.2) is 0 Å². The predicted molar refractivity (Wildman–Crippen MR) is 40.2 cm³/mol. The van der Waals surface area contributed by atoms with E-state index in [1.165, 1.54) is 19.3 Å². The SMILES string of the molecule is CCCC(N)C1CC1C. The summed E-state index contributed by atoms with van der Waals surface area (Å²) in [6.45, 7) is 4.49. The summed E-state index contributed by atoms with van der Waals surface area (Å²) in [7, 11) is 0. The molecule has 54 valence electrons. The lowest BCUT2D eigenvalue weighted by Crippen LogP contribution is -2.22. The van der Waals surface area contributed by atoms with E-state index in [1.807, 2.05) is 0 Å². The molecule has 0 radical (unpaired) electrons. The first-order chi connectivity index (χ1) is 4.25. The van der Waals surface area contributed by atoms with Crippen molar-refractivity contribution in [2.75, 3.05) is 0 Å². The van der Waals surface area contributed by atoms with Crippen LogP contribution in [-0.2, 0) is 0 Å². The van der Waals surface area contributed by atoms with Gasteiger partial charge in [0.1, 0.15) is 0 Å². The minimum atomic E-state index is 0.505. The largest absolute Gasteiger partial charge is 0.327 e. The number of hydrogen-bond donors (Lipinski definition) is 1. The van der Waals surface area contributed by atoms with Crippen molar-refractivity contribution in [2.45, 2.75) is 39.2 Å². The second-order valence-corrected chi connectivity index (χ2v) is 3.33. The zero-order valence-corrected chi connectivity index (χ0v) is 6.43. The Morgan fingerprint density at radius 2 is 2.22 bits per heavy atom. The molecule has 1 heteroatoms. The molecular weight excluding hydrogens is 110 g/mol. The first-order valence-corrected chi connectivity index (χ1v) is 4.01. The van der Waals surface area contributed by atoms with E-state index in [0.717, 1.165) is 11.8 Å². The summed E-state index contributed by atoms with van der Waals surface area (Å²) < 4.78 is 0. The minimum absolute atomic E-state index is 0.505. The third-order valence-electron chi connectivity index (χ3n) is 2.34. The molecule has 0 saturated heterocycles. The molecule has 3 unspecified atom stereocenters. The Morgan fingerprint density at radius 1 is 1.67 bits per heavy atom. The van der Waals surface area contributed by atoms with Crippen LogP contribution in [0.25, 0.3) is 0 Å². The van der Waals surface area contributed by atoms with Crippen LogP contribution in [0.3, 0.4) is 0 Å². The Labute approximate surface area is 57.6 Å². The molecule has 1 saturated carbocycles. The molecule has 0 amide bonds. The van der Waals surface area contributed by atoms with Crippen molar-refractivity contribution >= 4 is 0 Å². The Balaban J connectivity index is 2.11. The molecule has 1 rings (SSSR count). The van der Waals surface area contributed by atoms with Crippen LogP contribution in [0.5, 0.6) is 0 Å². The molecule has 9 heavy (non-hydrogen) atoms. The molecule has 1 fully saturated rings. The maximum absolute atomic E-state index is 5.88. The molecule has 0 aliphatic heterocycles. The van der Waals surface area contributed by atoms with Gasteiger partial charge < -0.3 is 5.73 Å². The van der Waals surface area contributed by atoms with Gasteiger partial charge in [-0.05, 0) is 24.7 Å². The Kier molecular flexibility index (Phi) is 2.12. The molecule has 1 aliphatic rings. The van der Waals surface area contributed by atoms with Gasteiger partial charge in [0, 0.05) is 6.04 Å². The molecule has 1 nitrogen and oxygen atoms in total. The summed E-state index contributed by atoms with van der Waals surface area (Å²) in [5.41, 5.74) is 5.88. The van der Waals surface area contributed by atoms with E-state index in [1.54, 1.807) is 0 Å². The zero-order valence-electron chi connectivity index (χ0n) is 6.43. The second kappa shape index (κ2) is 2.70. The average Bonchev–Trinajstić information content (AvgIpc) is 2.47. The normalized spacial score (nSPS) is 36.3. The van der Waals surface area contributed by atoms with Crippen molar-refractivity contribution < 1.29 is 0 Å². The average molecular weight is 127 g/mol. The highest BCUT2D eigenvalue weighted by Crippen LogP contribution is 2.40. The van der Waals surface area contributed by atoms with E-state index in [9.17, 15) is 0 Å². The lowest BCUT2D eigenvalue weighted by Gasteiger charge is -2.07. The van der Waals surface area contributed by atoms with Crippen molar-refractivity contribution in [1.29, 1.82) is 0 Å². The van der Waals surface area contributed by atoms with Gasteiger partial charge in [-0.2, -0.15) is 0 Å². The Hall–Kier alpha value is -0.0400. The topological polar surface area (TPSA) is 26.0 Å². The number of nitrogens with two attached hydrogens (primary N) is 1. The lowest BCUT2D eigenvalue weighted by atomic mass is 10.1. The molecule has 0 spiro atoms. The molecule has 0 aromatic rings. The highest BCUT2D eigenvalue weighted by atomic mass is 14.7. The van der Waals surface area contributed by atoms with E-state index >= 15 is 0 Å². The lowest BCUT2D eigenvalue weighted by molar-refractivity contribution is 0.519. The fourth-order valence-corrected chi connectivity index (χ4v) is 1.49. The first-order valence-electron chi connectivity index (χ1n) is 4.01. The highest BCUT2D eigenvalue weighted by molar-refractivity contribution is 4.90. The van der Waals surface area contributed by atoms with Gasteiger partial charge in [0.2, 0.25) is 0 Å². The summed E-state index contributed by atoms with van der Waals surface area (Å²) in [5.74, 6) is 1.79. The van der Waals surface area contributed by atoms with Crippen molar-refractivity contribution in [3.05, 3.63) is 0 Å². The molecule has 0 aromatic carbocycles. The highest BCUT2D eigenvalue weighted by Gasteiger charge is 2.36. The van der Waals surface area contributed by atoms with Crippen molar-refractivity contribution in [2.24, 2.45) is 17.6 Å². The van der Waals surface area contributed by atoms with E-state index in [2.05, 4.69) is 13.8 Å². The first kappa shape index (κ1) is 7.07. The molecule has 1 aliphatic carbocycles. The summed E-state index contributed by atoms with van der Waals surface area (Å²) >= 11 is 0. The van der Waals surface area contributed by atoms with Crippen LogP contribution in [0.1, 0.15) is 33.1 Å². The molecule has 2 N–H and O–H groups in total. The van der Waals surface area contributed by atoms with Crippen LogP contribution < -0.4 is 5.73 Å². The Bertz CT molecular complexity index is 90.6.